The molecule has 0 aliphatic rings. The van der Waals surface area contributed by atoms with E-state index in [0.717, 1.165) is 4.47 Å². The Hall–Kier alpha value is -0.636. The van der Waals surface area contributed by atoms with Gasteiger partial charge in [0, 0.05) is 32.7 Å². The van der Waals surface area contributed by atoms with Gasteiger partial charge in [-0.15, -0.1) is 35.4 Å². The van der Waals surface area contributed by atoms with Crippen molar-refractivity contribution in [1.29, 1.82) is 0 Å². The number of benzene rings is 2. The Morgan fingerprint density at radius 3 is 2.68 bits per heavy atom. The fraction of sp³-hybridized carbons (Fsp3) is 0.0667. The molecule has 2 aromatic rings. The van der Waals surface area contributed by atoms with Gasteiger partial charge in [0.25, 0.3) is 0 Å². The minimum absolute atomic E-state index is 0. The summed E-state index contributed by atoms with van der Waals surface area (Å²) < 4.78 is 5.97. The summed E-state index contributed by atoms with van der Waals surface area (Å²) in [5, 5.41) is 0. The van der Waals surface area contributed by atoms with Crippen LogP contribution in [-0.2, 0) is 32.7 Å². The van der Waals surface area contributed by atoms with Crippen LogP contribution in [0, 0.1) is 13.0 Å². The maximum Gasteiger partial charge on any atom is 0.0942 e. The van der Waals surface area contributed by atoms with Gasteiger partial charge in [0.15, 0.2) is 0 Å². The van der Waals surface area contributed by atoms with E-state index in [9.17, 15) is 4.79 Å². The van der Waals surface area contributed by atoms with E-state index in [2.05, 4.69) is 28.9 Å². The van der Waals surface area contributed by atoms with Crippen molar-refractivity contribution in [1.82, 2.24) is 0 Å². The summed E-state index contributed by atoms with van der Waals surface area (Å²) >= 11 is 3.34. The summed E-state index contributed by atoms with van der Waals surface area (Å²) in [4.78, 5) is 12.3. The zero-order valence-corrected chi connectivity index (χ0v) is 14.9. The second kappa shape index (κ2) is 7.23. The molecule has 0 N–H and O–H groups in total. The van der Waals surface area contributed by atoms with Gasteiger partial charge in [0.05, 0.1) is 18.6 Å². The van der Waals surface area contributed by atoms with Crippen LogP contribution in [-0.4, -0.2) is 12.9 Å². The van der Waals surface area contributed by atoms with Gasteiger partial charge in [-0.1, -0.05) is 32.5 Å². The van der Waals surface area contributed by atoms with Crippen molar-refractivity contribution in [2.75, 3.05) is 7.11 Å². The number of carbonyl (C=O) groups excluding carboxylic acids is 1. The molecule has 0 amide bonds. The van der Waals surface area contributed by atoms with Crippen molar-refractivity contribution >= 4 is 21.7 Å². The fourth-order valence-electron chi connectivity index (χ4n) is 1.61. The number of halogens is 1. The zero-order chi connectivity index (χ0) is 13.1. The van der Waals surface area contributed by atoms with Crippen LogP contribution >= 0.6 is 15.9 Å². The summed E-state index contributed by atoms with van der Waals surface area (Å²) in [5.74, 6) is 0.529. The van der Waals surface area contributed by atoms with Gasteiger partial charge in [-0.25, -0.2) is 0 Å². The molecule has 0 unspecified atom stereocenters. The van der Waals surface area contributed by atoms with E-state index in [-0.39, 0.29) is 38.5 Å². The maximum atomic E-state index is 12.3. The Kier molecular flexibility index (Phi) is 6.25. The van der Waals surface area contributed by atoms with Crippen LogP contribution in [0.15, 0.2) is 40.9 Å². The van der Waals surface area contributed by atoms with E-state index in [1.165, 1.54) is 0 Å². The molecule has 0 saturated carbocycles. The van der Waals surface area contributed by atoms with Crippen LogP contribution < -0.4 is 4.74 Å². The quantitative estimate of drug-likeness (QED) is 0.589. The predicted molar refractivity (Wildman–Crippen MR) is 73.9 cm³/mol. The third-order valence-corrected chi connectivity index (χ3v) is 3.06. The molecule has 95 valence electrons. The molecule has 1 radical (unpaired) electrons. The summed E-state index contributed by atoms with van der Waals surface area (Å²) in [6, 6.07) is 13.4. The van der Waals surface area contributed by atoms with Crippen LogP contribution in [0.1, 0.15) is 21.5 Å². The monoisotopic (exact) mass is 391 g/mol. The normalized spacial score (nSPS) is 9.58. The molecule has 0 spiro atoms. The molecule has 0 aliphatic heterocycles. The van der Waals surface area contributed by atoms with E-state index in [0.29, 0.717) is 22.4 Å². The second-order valence-electron chi connectivity index (χ2n) is 3.77. The summed E-state index contributed by atoms with van der Waals surface area (Å²) in [5.41, 5.74) is 1.71. The SMILES string of the molecule is [CH2-]c1ccc(OC)cc1C(=O)c1[c-]ccc(Br)c1.[Y]. The maximum absolute atomic E-state index is 12.3. The first kappa shape index (κ1) is 16.4. The predicted octanol–water partition coefficient (Wildman–Crippen LogP) is 3.67. The minimum Gasteiger partial charge on any atom is -0.499 e. The van der Waals surface area contributed by atoms with E-state index in [1.807, 2.05) is 6.07 Å². The molecule has 0 aromatic heterocycles. The molecule has 2 nitrogen and oxygen atoms in total. The van der Waals surface area contributed by atoms with Crippen LogP contribution in [0.2, 0.25) is 0 Å². The largest absolute Gasteiger partial charge is 0.499 e. The third kappa shape index (κ3) is 3.91. The van der Waals surface area contributed by atoms with E-state index in [1.54, 1.807) is 37.4 Å². The van der Waals surface area contributed by atoms with Gasteiger partial charge in [0.2, 0.25) is 0 Å². The summed E-state index contributed by atoms with van der Waals surface area (Å²) in [6.07, 6.45) is 0. The fourth-order valence-corrected chi connectivity index (χ4v) is 1.97. The first-order valence-corrected chi connectivity index (χ1v) is 6.13. The first-order valence-electron chi connectivity index (χ1n) is 5.34. The second-order valence-corrected chi connectivity index (χ2v) is 4.69. The molecular weight excluding hydrogens is 381 g/mol. The molecule has 0 atom stereocenters. The number of hydrogen-bond acceptors (Lipinski definition) is 2. The Labute approximate surface area is 146 Å². The zero-order valence-electron chi connectivity index (χ0n) is 10.4. The van der Waals surface area contributed by atoms with Gasteiger partial charge in [-0.05, 0) is 0 Å². The van der Waals surface area contributed by atoms with Crippen LogP contribution in [0.3, 0.4) is 0 Å². The van der Waals surface area contributed by atoms with Crippen LogP contribution in [0.25, 0.3) is 0 Å². The number of ketones is 1. The Balaban J connectivity index is 0.00000180. The number of ether oxygens (including phenoxy) is 1. The Bertz CT molecular complexity index is 596. The molecule has 0 aliphatic carbocycles. The number of hydrogen-bond donors (Lipinski definition) is 0. The van der Waals surface area contributed by atoms with Crippen molar-refractivity contribution in [3.05, 3.63) is 70.6 Å². The molecule has 0 fully saturated rings. The Morgan fingerprint density at radius 2 is 2.05 bits per heavy atom. The van der Waals surface area contributed by atoms with Gasteiger partial charge >= 0.3 is 0 Å². The van der Waals surface area contributed by atoms with Crippen molar-refractivity contribution in [2.45, 2.75) is 0 Å². The molecule has 0 heterocycles. The average Bonchev–Trinajstić information content (AvgIpc) is 2.38. The smallest absolute Gasteiger partial charge is 0.0942 e. The van der Waals surface area contributed by atoms with Crippen molar-refractivity contribution < 1.29 is 42.2 Å². The van der Waals surface area contributed by atoms with E-state index >= 15 is 0 Å². The average molecular weight is 392 g/mol. The van der Waals surface area contributed by atoms with Crippen LogP contribution in [0.5, 0.6) is 5.75 Å². The molecule has 19 heavy (non-hydrogen) atoms. The van der Waals surface area contributed by atoms with E-state index in [4.69, 9.17) is 4.74 Å². The van der Waals surface area contributed by atoms with Crippen molar-refractivity contribution in [2.24, 2.45) is 0 Å². The van der Waals surface area contributed by atoms with Gasteiger partial charge in [-0.3, -0.25) is 0 Å². The van der Waals surface area contributed by atoms with Gasteiger partial charge < -0.3 is 9.53 Å². The Morgan fingerprint density at radius 1 is 1.32 bits per heavy atom. The molecule has 2 aromatic carbocycles. The summed E-state index contributed by atoms with van der Waals surface area (Å²) in [6.45, 7) is 3.86. The van der Waals surface area contributed by atoms with Gasteiger partial charge in [-0.2, -0.15) is 18.6 Å². The minimum atomic E-state index is -0.111. The first-order chi connectivity index (χ1) is 8.61. The molecule has 2 rings (SSSR count). The summed E-state index contributed by atoms with van der Waals surface area (Å²) in [7, 11) is 1.57. The molecule has 0 bridgehead atoms. The molecular formula is C15H11BrO2Y-2. The number of methoxy groups -OCH3 is 1. The van der Waals surface area contributed by atoms with E-state index < -0.39 is 0 Å². The van der Waals surface area contributed by atoms with Crippen LogP contribution in [0.4, 0.5) is 0 Å². The molecule has 4 heteroatoms. The van der Waals surface area contributed by atoms with Crippen molar-refractivity contribution in [3.8, 4) is 5.75 Å². The van der Waals surface area contributed by atoms with Crippen molar-refractivity contribution in [3.63, 3.8) is 0 Å². The third-order valence-electron chi connectivity index (χ3n) is 2.57. The molecule has 0 saturated heterocycles. The number of rotatable bonds is 3. The topological polar surface area (TPSA) is 26.3 Å². The standard InChI is InChI=1S/C15H11BrO2.Y/c1-10-6-7-13(18-2)9-14(10)15(17)11-4-3-5-12(16)8-11;/h3,5-9H,1H2,2H3;/q-2;. The number of carbonyl (C=O) groups is 1. The van der Waals surface area contributed by atoms with Gasteiger partial charge in [0.1, 0.15) is 0 Å².